The zero-order valence-electron chi connectivity index (χ0n) is 23.1. The largest absolute Gasteiger partial charge is 0.493 e. The highest BCUT2D eigenvalue weighted by Crippen LogP contribution is 2.38. The van der Waals surface area contributed by atoms with Crippen LogP contribution < -0.4 is 21.6 Å². The lowest BCUT2D eigenvalue weighted by molar-refractivity contribution is -0.133. The van der Waals surface area contributed by atoms with E-state index in [9.17, 15) is 24.3 Å². The lowest BCUT2D eigenvalue weighted by atomic mass is 9.93. The molecule has 11 nitrogen and oxygen atoms in total. The normalized spacial score (nSPS) is 15.2. The number of hydrogen-bond acceptors (Lipinski definition) is 6. The van der Waals surface area contributed by atoms with Gasteiger partial charge in [0, 0.05) is 30.7 Å². The van der Waals surface area contributed by atoms with Crippen molar-refractivity contribution in [1.29, 1.82) is 0 Å². The van der Waals surface area contributed by atoms with Gasteiger partial charge in [0.15, 0.2) is 0 Å². The van der Waals surface area contributed by atoms with Crippen LogP contribution in [0.2, 0.25) is 0 Å². The molecule has 1 aromatic carbocycles. The second-order valence-corrected chi connectivity index (χ2v) is 12.2. The zero-order valence-corrected chi connectivity index (χ0v) is 23.9. The molecule has 0 aliphatic carbocycles. The van der Waals surface area contributed by atoms with Gasteiger partial charge < -0.3 is 20.6 Å². The number of aromatic hydroxyl groups is 1. The van der Waals surface area contributed by atoms with Crippen LogP contribution in [0.25, 0.3) is 5.69 Å². The fourth-order valence-electron chi connectivity index (χ4n) is 4.37. The standard InChI is InChI=1S/C27H34N6O5S/c1-15-8-9-16(12-18(15)33-20(34)14-31(7)25(33)38)29-24(37)30-21-17(13-19(39-21)26(2,3)4)22(35)32-11-10-28-23(36)27(32,5)6/h8-9,12-14,34H,10-11H2,1-7H3,(H,28,36)(H2,29,30,37). The Balaban J connectivity index is 1.63. The number of aryl methyl sites for hydroxylation is 2. The van der Waals surface area contributed by atoms with Gasteiger partial charge in [-0.3, -0.25) is 19.5 Å². The van der Waals surface area contributed by atoms with E-state index in [0.717, 1.165) is 15.0 Å². The van der Waals surface area contributed by atoms with E-state index in [-0.39, 0.29) is 23.1 Å². The number of anilines is 2. The molecule has 1 fully saturated rings. The summed E-state index contributed by atoms with van der Waals surface area (Å²) in [5.74, 6) is -0.800. The third kappa shape index (κ3) is 5.29. The monoisotopic (exact) mass is 554 g/mol. The van der Waals surface area contributed by atoms with Gasteiger partial charge in [-0.05, 0) is 49.9 Å². The zero-order chi connectivity index (χ0) is 28.9. The average molecular weight is 555 g/mol. The van der Waals surface area contributed by atoms with E-state index in [4.69, 9.17) is 0 Å². The molecule has 0 atom stereocenters. The highest BCUT2D eigenvalue weighted by molar-refractivity contribution is 7.16. The molecule has 0 unspecified atom stereocenters. The molecule has 4 N–H and O–H groups in total. The molecule has 4 amide bonds. The minimum absolute atomic E-state index is 0.224. The predicted octanol–water partition coefficient (Wildman–Crippen LogP) is 3.54. The number of nitrogens with one attached hydrogen (secondary N) is 3. The molecule has 3 heterocycles. The Labute approximate surface area is 230 Å². The Morgan fingerprint density at radius 2 is 1.82 bits per heavy atom. The summed E-state index contributed by atoms with van der Waals surface area (Å²) in [4.78, 5) is 54.2. The summed E-state index contributed by atoms with van der Waals surface area (Å²) in [6.07, 6.45) is 1.31. The van der Waals surface area contributed by atoms with Gasteiger partial charge in [0.05, 0.1) is 17.4 Å². The van der Waals surface area contributed by atoms with Crippen LogP contribution >= 0.6 is 11.3 Å². The van der Waals surface area contributed by atoms with Crippen LogP contribution in [0.1, 0.15) is 55.4 Å². The molecule has 12 heteroatoms. The minimum Gasteiger partial charge on any atom is -0.493 e. The lowest BCUT2D eigenvalue weighted by Gasteiger charge is -2.41. The van der Waals surface area contributed by atoms with Crippen LogP contribution in [-0.2, 0) is 17.3 Å². The van der Waals surface area contributed by atoms with E-state index in [1.54, 1.807) is 45.0 Å². The molecular formula is C27H34N6O5S. The van der Waals surface area contributed by atoms with Crippen molar-refractivity contribution >= 4 is 39.9 Å². The quantitative estimate of drug-likeness (QED) is 0.391. The second-order valence-electron chi connectivity index (χ2n) is 11.2. The molecule has 1 aliphatic heterocycles. The highest BCUT2D eigenvalue weighted by Gasteiger charge is 2.42. The number of benzene rings is 1. The van der Waals surface area contributed by atoms with Gasteiger partial charge in [-0.2, -0.15) is 0 Å². The Morgan fingerprint density at radius 1 is 1.13 bits per heavy atom. The number of carbonyl (C=O) groups is 3. The van der Waals surface area contributed by atoms with Crippen molar-refractivity contribution < 1.29 is 19.5 Å². The number of aromatic nitrogens is 2. The second kappa shape index (κ2) is 9.92. The molecule has 0 radical (unpaired) electrons. The lowest BCUT2D eigenvalue weighted by Crippen LogP contribution is -2.63. The van der Waals surface area contributed by atoms with E-state index in [0.29, 0.717) is 35.0 Å². The van der Waals surface area contributed by atoms with Crippen molar-refractivity contribution in [1.82, 2.24) is 19.4 Å². The number of thiophene rings is 1. The predicted molar refractivity (Wildman–Crippen MR) is 151 cm³/mol. The van der Waals surface area contributed by atoms with Crippen LogP contribution in [0.5, 0.6) is 5.88 Å². The van der Waals surface area contributed by atoms with E-state index >= 15 is 0 Å². The molecule has 39 heavy (non-hydrogen) atoms. The maximum Gasteiger partial charge on any atom is 0.335 e. The third-order valence-electron chi connectivity index (χ3n) is 6.76. The van der Waals surface area contributed by atoms with E-state index in [1.165, 1.54) is 34.0 Å². The number of amides is 4. The molecule has 1 aliphatic rings. The number of rotatable bonds is 4. The topological polar surface area (TPSA) is 138 Å². The first kappa shape index (κ1) is 28.0. The van der Waals surface area contributed by atoms with Crippen molar-refractivity contribution in [3.8, 4) is 11.6 Å². The number of piperazine rings is 1. The van der Waals surface area contributed by atoms with E-state index < -0.39 is 17.3 Å². The Morgan fingerprint density at radius 3 is 2.44 bits per heavy atom. The Kier molecular flexibility index (Phi) is 7.11. The fourth-order valence-corrected chi connectivity index (χ4v) is 5.48. The molecular weight excluding hydrogens is 520 g/mol. The maximum atomic E-state index is 13.7. The summed E-state index contributed by atoms with van der Waals surface area (Å²) < 4.78 is 2.41. The van der Waals surface area contributed by atoms with Gasteiger partial charge in [-0.1, -0.05) is 26.8 Å². The summed E-state index contributed by atoms with van der Waals surface area (Å²) in [5.41, 5.74) is 0.0933. The van der Waals surface area contributed by atoms with Crippen LogP contribution in [0, 0.1) is 6.92 Å². The van der Waals surface area contributed by atoms with Crippen molar-refractivity contribution in [2.45, 2.75) is 52.5 Å². The van der Waals surface area contributed by atoms with Gasteiger partial charge in [-0.15, -0.1) is 11.3 Å². The van der Waals surface area contributed by atoms with Crippen molar-refractivity contribution in [3.63, 3.8) is 0 Å². The SMILES string of the molecule is Cc1ccc(NC(=O)Nc2sc(C(C)(C)C)cc2C(=O)N2CCNC(=O)C2(C)C)cc1-n1c(O)cn(C)c1=O. The smallest absolute Gasteiger partial charge is 0.335 e. The number of urea groups is 1. The van der Waals surface area contributed by atoms with Crippen LogP contribution in [0.3, 0.4) is 0 Å². The van der Waals surface area contributed by atoms with Crippen molar-refractivity contribution in [3.05, 3.63) is 57.0 Å². The first-order valence-electron chi connectivity index (χ1n) is 12.5. The number of imidazole rings is 1. The van der Waals surface area contributed by atoms with Crippen LogP contribution in [0.4, 0.5) is 15.5 Å². The summed E-state index contributed by atoms with van der Waals surface area (Å²) in [6.45, 7) is 11.9. The van der Waals surface area contributed by atoms with Crippen LogP contribution in [0.15, 0.2) is 35.3 Å². The van der Waals surface area contributed by atoms with Crippen LogP contribution in [-0.4, -0.2) is 55.6 Å². The van der Waals surface area contributed by atoms with Crippen molar-refractivity contribution in [2.24, 2.45) is 7.05 Å². The Bertz CT molecular complexity index is 1520. The van der Waals surface area contributed by atoms with E-state index in [1.807, 2.05) is 20.8 Å². The molecule has 4 rings (SSSR count). The summed E-state index contributed by atoms with van der Waals surface area (Å²) in [5, 5.41) is 19.0. The summed E-state index contributed by atoms with van der Waals surface area (Å²) >= 11 is 1.31. The number of hydrogen-bond donors (Lipinski definition) is 4. The van der Waals surface area contributed by atoms with Crippen molar-refractivity contribution in [2.75, 3.05) is 23.7 Å². The van der Waals surface area contributed by atoms with E-state index in [2.05, 4.69) is 16.0 Å². The van der Waals surface area contributed by atoms with Gasteiger partial charge in [-0.25, -0.2) is 14.2 Å². The summed E-state index contributed by atoms with van der Waals surface area (Å²) in [7, 11) is 1.53. The molecule has 0 bridgehead atoms. The first-order chi connectivity index (χ1) is 18.1. The molecule has 3 aromatic rings. The molecule has 0 saturated carbocycles. The van der Waals surface area contributed by atoms with Gasteiger partial charge in [0.25, 0.3) is 5.91 Å². The molecule has 1 saturated heterocycles. The highest BCUT2D eigenvalue weighted by atomic mass is 32.1. The average Bonchev–Trinajstić information content (AvgIpc) is 3.36. The minimum atomic E-state index is -1.04. The first-order valence-corrected chi connectivity index (χ1v) is 13.3. The van der Waals surface area contributed by atoms with Gasteiger partial charge >= 0.3 is 11.7 Å². The molecule has 0 spiro atoms. The van der Waals surface area contributed by atoms with Gasteiger partial charge in [0.1, 0.15) is 10.5 Å². The maximum absolute atomic E-state index is 13.7. The number of carbonyl (C=O) groups excluding carboxylic acids is 3. The Hall–Kier alpha value is -4.06. The molecule has 208 valence electrons. The fraction of sp³-hybridized carbons (Fsp3) is 0.407. The number of nitrogens with zero attached hydrogens (tertiary/aromatic N) is 3. The summed E-state index contributed by atoms with van der Waals surface area (Å²) in [6, 6.07) is 6.19. The third-order valence-corrected chi connectivity index (χ3v) is 8.24. The van der Waals surface area contributed by atoms with Gasteiger partial charge in [0.2, 0.25) is 11.8 Å². The molecule has 2 aromatic heterocycles.